The predicted octanol–water partition coefficient (Wildman–Crippen LogP) is 2.35. The van der Waals surface area contributed by atoms with Crippen molar-refractivity contribution in [1.29, 1.82) is 0 Å². The minimum Gasteiger partial charge on any atom is -0.480 e. The number of carboxylic acids is 1. The third kappa shape index (κ3) is 3.74. The fourth-order valence-corrected chi connectivity index (χ4v) is 2.68. The Hall–Kier alpha value is -2.04. The van der Waals surface area contributed by atoms with Crippen LogP contribution in [-0.4, -0.2) is 29.6 Å². The molecular formula is C16H22N2O3. The first kappa shape index (κ1) is 15.4. The van der Waals surface area contributed by atoms with Crippen LogP contribution in [0, 0.1) is 0 Å². The smallest absolute Gasteiger partial charge is 0.326 e. The molecule has 0 radical (unpaired) electrons. The van der Waals surface area contributed by atoms with Gasteiger partial charge in [0.1, 0.15) is 6.04 Å². The first-order chi connectivity index (χ1) is 10.1. The topological polar surface area (TPSA) is 78.4 Å². The summed E-state index contributed by atoms with van der Waals surface area (Å²) in [6, 6.07) is 6.90. The van der Waals surface area contributed by atoms with Gasteiger partial charge < -0.3 is 15.7 Å². The number of anilines is 1. The Morgan fingerprint density at radius 3 is 2.90 bits per heavy atom. The van der Waals surface area contributed by atoms with Gasteiger partial charge in [0, 0.05) is 12.2 Å². The number of rotatable bonds is 6. The van der Waals surface area contributed by atoms with Crippen molar-refractivity contribution in [2.24, 2.45) is 0 Å². The number of benzene rings is 1. The number of amides is 1. The molecule has 114 valence electrons. The highest BCUT2D eigenvalue weighted by Crippen LogP contribution is 2.31. The average Bonchev–Trinajstić information content (AvgIpc) is 2.50. The fourth-order valence-electron chi connectivity index (χ4n) is 2.68. The van der Waals surface area contributed by atoms with Crippen LogP contribution in [0.5, 0.6) is 0 Å². The summed E-state index contributed by atoms with van der Waals surface area (Å²) >= 11 is 0. The Morgan fingerprint density at radius 2 is 2.19 bits per heavy atom. The Balaban J connectivity index is 2.08. The molecule has 0 bridgehead atoms. The van der Waals surface area contributed by atoms with Crippen molar-refractivity contribution in [3.8, 4) is 0 Å². The van der Waals surface area contributed by atoms with E-state index in [0.717, 1.165) is 30.6 Å². The van der Waals surface area contributed by atoms with Gasteiger partial charge >= 0.3 is 5.97 Å². The molecule has 0 fully saturated rings. The first-order valence-electron chi connectivity index (χ1n) is 7.49. The minimum absolute atomic E-state index is 0.188. The summed E-state index contributed by atoms with van der Waals surface area (Å²) in [6.45, 7) is 2.73. The molecule has 5 nitrogen and oxygen atoms in total. The van der Waals surface area contributed by atoms with Gasteiger partial charge in [-0.25, -0.2) is 4.79 Å². The van der Waals surface area contributed by atoms with E-state index >= 15 is 0 Å². The van der Waals surface area contributed by atoms with E-state index in [1.807, 2.05) is 31.2 Å². The second-order valence-corrected chi connectivity index (χ2v) is 5.40. The van der Waals surface area contributed by atoms with Crippen LogP contribution in [0.25, 0.3) is 0 Å². The maximum Gasteiger partial charge on any atom is 0.326 e. The number of hydrogen-bond acceptors (Lipinski definition) is 3. The number of carbonyl (C=O) groups is 2. The zero-order valence-electron chi connectivity index (χ0n) is 12.3. The van der Waals surface area contributed by atoms with Crippen molar-refractivity contribution in [2.45, 2.75) is 44.6 Å². The molecule has 0 aromatic heterocycles. The molecule has 21 heavy (non-hydrogen) atoms. The largest absolute Gasteiger partial charge is 0.480 e. The monoisotopic (exact) mass is 290 g/mol. The molecule has 0 saturated heterocycles. The van der Waals surface area contributed by atoms with Crippen LogP contribution in [0.2, 0.25) is 0 Å². The van der Waals surface area contributed by atoms with Crippen molar-refractivity contribution in [1.82, 2.24) is 5.32 Å². The van der Waals surface area contributed by atoms with Crippen LogP contribution in [-0.2, 0) is 9.59 Å². The Bertz CT molecular complexity index is 516. The molecular weight excluding hydrogens is 268 g/mol. The molecule has 1 aliphatic rings. The maximum atomic E-state index is 12.4. The third-order valence-electron chi connectivity index (χ3n) is 3.86. The van der Waals surface area contributed by atoms with Gasteiger partial charge in [-0.2, -0.15) is 0 Å². The molecule has 2 rings (SSSR count). The van der Waals surface area contributed by atoms with Crippen LogP contribution < -0.4 is 10.6 Å². The van der Waals surface area contributed by atoms with E-state index in [-0.39, 0.29) is 11.8 Å². The number of unbranched alkanes of at least 4 members (excludes halogenated alkanes) is 1. The van der Waals surface area contributed by atoms with Gasteiger partial charge in [0.25, 0.3) is 0 Å². The number of nitrogens with one attached hydrogen (secondary N) is 2. The lowest BCUT2D eigenvalue weighted by molar-refractivity contribution is -0.142. The molecule has 0 saturated carbocycles. The number of carbonyl (C=O) groups excluding carboxylic acids is 1. The Morgan fingerprint density at radius 1 is 1.43 bits per heavy atom. The highest BCUT2D eigenvalue weighted by molar-refractivity contribution is 5.89. The molecule has 1 amide bonds. The lowest BCUT2D eigenvalue weighted by Crippen LogP contribution is -2.44. The van der Waals surface area contributed by atoms with Gasteiger partial charge in [0.15, 0.2) is 0 Å². The zero-order chi connectivity index (χ0) is 15.2. The molecule has 3 N–H and O–H groups in total. The van der Waals surface area contributed by atoms with Gasteiger partial charge in [-0.15, -0.1) is 0 Å². The lowest BCUT2D eigenvalue weighted by Gasteiger charge is -2.27. The van der Waals surface area contributed by atoms with E-state index in [1.165, 1.54) is 0 Å². The molecule has 5 heteroatoms. The van der Waals surface area contributed by atoms with Crippen LogP contribution in [0.1, 0.15) is 44.1 Å². The number of carboxylic acid groups (broad SMARTS) is 1. The van der Waals surface area contributed by atoms with Crippen molar-refractivity contribution < 1.29 is 14.7 Å². The summed E-state index contributed by atoms with van der Waals surface area (Å²) in [4.78, 5) is 23.7. The predicted molar refractivity (Wildman–Crippen MR) is 81.4 cm³/mol. The molecule has 2 unspecified atom stereocenters. The van der Waals surface area contributed by atoms with E-state index < -0.39 is 12.0 Å². The summed E-state index contributed by atoms with van der Waals surface area (Å²) in [5.74, 6) is -1.42. The zero-order valence-corrected chi connectivity index (χ0v) is 12.3. The molecule has 2 atom stereocenters. The quantitative estimate of drug-likeness (QED) is 0.751. The standard InChI is InChI=1S/C16H22N2O3/c1-2-3-7-14(16(20)21)18-15(19)12-9-10-17-13-8-5-4-6-11(12)13/h4-6,8,12,14,17H,2-3,7,9-10H2,1H3,(H,18,19)(H,20,21). The summed E-state index contributed by atoms with van der Waals surface area (Å²) in [5, 5.41) is 15.2. The van der Waals surface area contributed by atoms with E-state index in [1.54, 1.807) is 0 Å². The summed E-state index contributed by atoms with van der Waals surface area (Å²) < 4.78 is 0. The number of fused-ring (bicyclic) bond motifs is 1. The third-order valence-corrected chi connectivity index (χ3v) is 3.86. The molecule has 1 aliphatic heterocycles. The number of hydrogen-bond donors (Lipinski definition) is 3. The minimum atomic E-state index is -0.959. The summed E-state index contributed by atoms with van der Waals surface area (Å²) in [7, 11) is 0. The van der Waals surface area contributed by atoms with Gasteiger partial charge in [0.05, 0.1) is 5.92 Å². The van der Waals surface area contributed by atoms with Gasteiger partial charge in [0.2, 0.25) is 5.91 Å². The highest BCUT2D eigenvalue weighted by atomic mass is 16.4. The molecule has 1 aromatic rings. The second kappa shape index (κ2) is 7.11. The average molecular weight is 290 g/mol. The fraction of sp³-hybridized carbons (Fsp3) is 0.500. The first-order valence-corrected chi connectivity index (χ1v) is 7.49. The number of aliphatic carboxylic acids is 1. The van der Waals surface area contributed by atoms with E-state index in [9.17, 15) is 14.7 Å². The lowest BCUT2D eigenvalue weighted by atomic mass is 9.90. The molecule has 0 aliphatic carbocycles. The Kier molecular flexibility index (Phi) is 5.20. The van der Waals surface area contributed by atoms with Crippen molar-refractivity contribution in [3.63, 3.8) is 0 Å². The highest BCUT2D eigenvalue weighted by Gasteiger charge is 2.29. The van der Waals surface area contributed by atoms with E-state index in [4.69, 9.17) is 0 Å². The molecule has 1 heterocycles. The second-order valence-electron chi connectivity index (χ2n) is 5.40. The number of para-hydroxylation sites is 1. The van der Waals surface area contributed by atoms with Crippen molar-refractivity contribution >= 4 is 17.6 Å². The summed E-state index contributed by atoms with van der Waals surface area (Å²) in [6.07, 6.45) is 2.86. The van der Waals surface area contributed by atoms with E-state index in [0.29, 0.717) is 12.8 Å². The van der Waals surface area contributed by atoms with E-state index in [2.05, 4.69) is 10.6 Å². The normalized spacial score (nSPS) is 18.2. The maximum absolute atomic E-state index is 12.4. The summed E-state index contributed by atoms with van der Waals surface area (Å²) in [5.41, 5.74) is 1.91. The van der Waals surface area contributed by atoms with Crippen molar-refractivity contribution in [3.05, 3.63) is 29.8 Å². The van der Waals surface area contributed by atoms with Gasteiger partial charge in [-0.3, -0.25) is 4.79 Å². The molecule has 1 aromatic carbocycles. The van der Waals surface area contributed by atoms with Crippen LogP contribution >= 0.6 is 0 Å². The van der Waals surface area contributed by atoms with Crippen LogP contribution in [0.4, 0.5) is 5.69 Å². The SMILES string of the molecule is CCCCC(NC(=O)C1CCNc2ccccc21)C(=O)O. The van der Waals surface area contributed by atoms with Gasteiger partial charge in [-0.1, -0.05) is 38.0 Å². The molecule has 0 spiro atoms. The van der Waals surface area contributed by atoms with Crippen LogP contribution in [0.3, 0.4) is 0 Å². The Labute approximate surface area is 124 Å². The van der Waals surface area contributed by atoms with Crippen molar-refractivity contribution in [2.75, 3.05) is 11.9 Å². The van der Waals surface area contributed by atoms with Gasteiger partial charge in [-0.05, 0) is 24.5 Å². The van der Waals surface area contributed by atoms with Crippen LogP contribution in [0.15, 0.2) is 24.3 Å².